The van der Waals surface area contributed by atoms with Gasteiger partial charge in [-0.15, -0.1) is 0 Å². The number of aliphatic hydroxyl groups excluding tert-OH is 1. The Morgan fingerprint density at radius 3 is 2.59 bits per heavy atom. The SMILES string of the molecule is Cc1ccccc1S(=O)(=O)NCC[C@@H]1CC[C@@H](NC(=O)C2CCCC2)[C@H](CO)O1. The molecule has 0 radical (unpaired) electrons. The van der Waals surface area contributed by atoms with Crippen molar-refractivity contribution in [1.82, 2.24) is 10.0 Å². The minimum absolute atomic E-state index is 0.0685. The first-order valence-corrected chi connectivity index (χ1v) is 12.0. The van der Waals surface area contributed by atoms with Crippen LogP contribution in [0.4, 0.5) is 0 Å². The fraction of sp³-hybridized carbons (Fsp3) is 0.667. The highest BCUT2D eigenvalue weighted by molar-refractivity contribution is 7.89. The van der Waals surface area contributed by atoms with Crippen LogP contribution in [0.2, 0.25) is 0 Å². The van der Waals surface area contributed by atoms with Crippen molar-refractivity contribution in [2.45, 2.75) is 75.0 Å². The van der Waals surface area contributed by atoms with E-state index in [0.29, 0.717) is 12.0 Å². The molecule has 0 aromatic heterocycles. The molecule has 162 valence electrons. The summed E-state index contributed by atoms with van der Waals surface area (Å²) >= 11 is 0. The molecule has 2 aliphatic rings. The van der Waals surface area contributed by atoms with Crippen molar-refractivity contribution in [3.05, 3.63) is 29.8 Å². The standard InChI is InChI=1S/C21H32N2O5S/c1-15-6-2-5-9-20(15)29(26,27)22-13-12-17-10-11-18(19(14-24)28-17)23-21(25)16-7-3-4-8-16/h2,5-6,9,16-19,22,24H,3-4,7-8,10-14H2,1H3,(H,23,25)/t17-,18+,19-/m0/s1. The second-order valence-electron chi connectivity index (χ2n) is 8.10. The van der Waals surface area contributed by atoms with Crippen LogP contribution < -0.4 is 10.0 Å². The van der Waals surface area contributed by atoms with Gasteiger partial charge in [0.25, 0.3) is 0 Å². The van der Waals surface area contributed by atoms with Crippen LogP contribution in [0.5, 0.6) is 0 Å². The van der Waals surface area contributed by atoms with Crippen LogP contribution in [0.25, 0.3) is 0 Å². The molecule has 1 amide bonds. The number of nitrogens with one attached hydrogen (secondary N) is 2. The van der Waals surface area contributed by atoms with Crippen LogP contribution in [0.15, 0.2) is 29.2 Å². The van der Waals surface area contributed by atoms with E-state index in [-0.39, 0.29) is 42.0 Å². The van der Waals surface area contributed by atoms with Crippen LogP contribution in [0.3, 0.4) is 0 Å². The van der Waals surface area contributed by atoms with Crippen molar-refractivity contribution in [3.8, 4) is 0 Å². The molecule has 2 fully saturated rings. The van der Waals surface area contributed by atoms with Crippen LogP contribution >= 0.6 is 0 Å². The van der Waals surface area contributed by atoms with E-state index in [1.54, 1.807) is 31.2 Å². The predicted molar refractivity (Wildman–Crippen MR) is 110 cm³/mol. The number of sulfonamides is 1. The predicted octanol–water partition coefficient (Wildman–Crippen LogP) is 1.88. The van der Waals surface area contributed by atoms with Crippen molar-refractivity contribution in [2.75, 3.05) is 13.2 Å². The lowest BCUT2D eigenvalue weighted by Crippen LogP contribution is -2.52. The number of rotatable bonds is 8. The molecular weight excluding hydrogens is 392 g/mol. The summed E-state index contributed by atoms with van der Waals surface area (Å²) in [6.07, 6.45) is 5.44. The average molecular weight is 425 g/mol. The third-order valence-corrected chi connectivity index (χ3v) is 7.61. The van der Waals surface area contributed by atoms with Crippen LogP contribution in [-0.2, 0) is 19.6 Å². The quantitative estimate of drug-likeness (QED) is 0.591. The van der Waals surface area contributed by atoms with Gasteiger partial charge in [-0.2, -0.15) is 0 Å². The zero-order chi connectivity index (χ0) is 20.9. The van der Waals surface area contributed by atoms with E-state index in [4.69, 9.17) is 4.74 Å². The van der Waals surface area contributed by atoms with E-state index in [1.807, 2.05) is 0 Å². The van der Waals surface area contributed by atoms with Crippen molar-refractivity contribution in [3.63, 3.8) is 0 Å². The summed E-state index contributed by atoms with van der Waals surface area (Å²) in [5.74, 6) is 0.155. The fourth-order valence-electron chi connectivity index (χ4n) is 4.29. The third kappa shape index (κ3) is 5.78. The monoisotopic (exact) mass is 424 g/mol. The summed E-state index contributed by atoms with van der Waals surface area (Å²) in [7, 11) is -3.56. The molecule has 0 unspecified atom stereocenters. The van der Waals surface area contributed by atoms with Crippen molar-refractivity contribution >= 4 is 15.9 Å². The summed E-state index contributed by atoms with van der Waals surface area (Å²) in [4.78, 5) is 12.7. The highest BCUT2D eigenvalue weighted by atomic mass is 32.2. The maximum atomic E-state index is 12.5. The summed E-state index contributed by atoms with van der Waals surface area (Å²) in [5.41, 5.74) is 0.704. The first-order valence-electron chi connectivity index (χ1n) is 10.5. The third-order valence-electron chi connectivity index (χ3n) is 5.99. The number of carbonyl (C=O) groups excluding carboxylic acids is 1. The van der Waals surface area contributed by atoms with Crippen LogP contribution in [0, 0.1) is 12.8 Å². The molecule has 0 spiro atoms. The van der Waals surface area contributed by atoms with Gasteiger partial charge < -0.3 is 15.2 Å². The number of hydrogen-bond donors (Lipinski definition) is 3. The number of aliphatic hydroxyl groups is 1. The number of hydrogen-bond acceptors (Lipinski definition) is 5. The second-order valence-corrected chi connectivity index (χ2v) is 9.84. The van der Waals surface area contributed by atoms with Gasteiger partial charge in [0.1, 0.15) is 6.10 Å². The molecule has 1 aromatic rings. The Hall–Kier alpha value is -1.48. The van der Waals surface area contributed by atoms with Gasteiger partial charge in [-0.3, -0.25) is 4.79 Å². The summed E-state index contributed by atoms with van der Waals surface area (Å²) in [6, 6.07) is 6.69. The minimum Gasteiger partial charge on any atom is -0.394 e. The lowest BCUT2D eigenvalue weighted by Gasteiger charge is -2.36. The topological polar surface area (TPSA) is 105 Å². The van der Waals surface area contributed by atoms with Gasteiger partial charge >= 0.3 is 0 Å². The maximum Gasteiger partial charge on any atom is 0.240 e. The average Bonchev–Trinajstić information content (AvgIpc) is 3.24. The van der Waals surface area contributed by atoms with Gasteiger partial charge in [0.2, 0.25) is 15.9 Å². The van der Waals surface area contributed by atoms with E-state index >= 15 is 0 Å². The van der Waals surface area contributed by atoms with Crippen molar-refractivity contribution in [1.29, 1.82) is 0 Å². The summed E-state index contributed by atoms with van der Waals surface area (Å²) in [6.45, 7) is 1.87. The summed E-state index contributed by atoms with van der Waals surface area (Å²) in [5, 5.41) is 12.8. The highest BCUT2D eigenvalue weighted by Crippen LogP contribution is 2.27. The van der Waals surface area contributed by atoms with E-state index in [9.17, 15) is 18.3 Å². The highest BCUT2D eigenvalue weighted by Gasteiger charge is 2.34. The van der Waals surface area contributed by atoms with E-state index in [2.05, 4.69) is 10.0 Å². The molecule has 0 bridgehead atoms. The molecule has 1 saturated heterocycles. The van der Waals surface area contributed by atoms with Crippen molar-refractivity contribution in [2.24, 2.45) is 5.92 Å². The zero-order valence-corrected chi connectivity index (χ0v) is 17.8. The van der Waals surface area contributed by atoms with Gasteiger partial charge in [0, 0.05) is 12.5 Å². The Morgan fingerprint density at radius 2 is 1.90 bits per heavy atom. The number of benzene rings is 1. The number of amides is 1. The van der Waals surface area contributed by atoms with E-state index < -0.39 is 16.1 Å². The smallest absolute Gasteiger partial charge is 0.240 e. The van der Waals surface area contributed by atoms with Crippen molar-refractivity contribution < 1.29 is 23.1 Å². The molecule has 7 nitrogen and oxygen atoms in total. The molecule has 3 rings (SSSR count). The number of carbonyl (C=O) groups is 1. The molecule has 3 atom stereocenters. The molecule has 1 aliphatic heterocycles. The Bertz CT molecular complexity index is 792. The maximum absolute atomic E-state index is 12.5. The molecular formula is C21H32N2O5S. The van der Waals surface area contributed by atoms with Gasteiger partial charge in [-0.05, 0) is 50.7 Å². The lowest BCUT2D eigenvalue weighted by molar-refractivity contribution is -0.131. The second kappa shape index (κ2) is 10.0. The molecule has 1 saturated carbocycles. The van der Waals surface area contributed by atoms with Gasteiger partial charge in [0.05, 0.1) is 23.6 Å². The van der Waals surface area contributed by atoms with Gasteiger partial charge in [-0.1, -0.05) is 31.0 Å². The number of aryl methyl sites for hydroxylation is 1. The molecule has 1 aliphatic carbocycles. The normalized spacial score (nSPS) is 25.8. The molecule has 1 aromatic carbocycles. The number of ether oxygens (including phenoxy) is 1. The first kappa shape index (κ1) is 22.2. The fourth-order valence-corrected chi connectivity index (χ4v) is 5.58. The first-order chi connectivity index (χ1) is 13.9. The van der Waals surface area contributed by atoms with Crippen LogP contribution in [0.1, 0.15) is 50.5 Å². The molecule has 8 heteroatoms. The molecule has 29 heavy (non-hydrogen) atoms. The van der Waals surface area contributed by atoms with E-state index in [1.165, 1.54) is 0 Å². The largest absolute Gasteiger partial charge is 0.394 e. The van der Waals surface area contributed by atoms with Gasteiger partial charge in [-0.25, -0.2) is 13.1 Å². The Labute approximate surface area is 173 Å². The zero-order valence-electron chi connectivity index (χ0n) is 17.0. The summed E-state index contributed by atoms with van der Waals surface area (Å²) < 4.78 is 33.5. The van der Waals surface area contributed by atoms with Crippen LogP contribution in [-0.4, -0.2) is 50.8 Å². The Balaban J connectivity index is 1.47. The lowest BCUT2D eigenvalue weighted by atomic mass is 9.96. The Morgan fingerprint density at radius 1 is 1.17 bits per heavy atom. The van der Waals surface area contributed by atoms with Gasteiger partial charge in [0.15, 0.2) is 0 Å². The Kier molecular flexibility index (Phi) is 7.67. The minimum atomic E-state index is -3.56. The molecule has 3 N–H and O–H groups in total. The molecule has 1 heterocycles. The van der Waals surface area contributed by atoms with E-state index in [0.717, 1.165) is 38.5 Å².